The molecule has 96 valence electrons. The van der Waals surface area contributed by atoms with E-state index in [2.05, 4.69) is 25.7 Å². The molecule has 0 aromatic heterocycles. The van der Waals surface area contributed by atoms with Crippen molar-refractivity contribution in [2.45, 2.75) is 58.5 Å². The lowest BCUT2D eigenvalue weighted by molar-refractivity contribution is 0.0366. The van der Waals surface area contributed by atoms with Crippen molar-refractivity contribution in [3.05, 3.63) is 0 Å². The lowest BCUT2D eigenvalue weighted by atomic mass is 9.83. The van der Waals surface area contributed by atoms with Crippen LogP contribution >= 0.6 is 0 Å². The molecule has 1 rings (SSSR count). The van der Waals surface area contributed by atoms with Gasteiger partial charge in [-0.1, -0.05) is 27.2 Å². The van der Waals surface area contributed by atoms with Gasteiger partial charge in [-0.2, -0.15) is 0 Å². The van der Waals surface area contributed by atoms with Gasteiger partial charge in [-0.3, -0.25) is 4.90 Å². The largest absolute Gasteiger partial charge is 0.395 e. The second-order valence-electron chi connectivity index (χ2n) is 5.94. The average Bonchev–Trinajstić information content (AvgIpc) is 2.17. The molecule has 0 bridgehead atoms. The molecule has 1 heterocycles. The highest BCUT2D eigenvalue weighted by Crippen LogP contribution is 2.30. The Labute approximate surface area is 100 Å². The van der Waals surface area contributed by atoms with E-state index in [0.29, 0.717) is 5.41 Å². The summed E-state index contributed by atoms with van der Waals surface area (Å²) >= 11 is 0. The Morgan fingerprint density at radius 2 is 2.12 bits per heavy atom. The van der Waals surface area contributed by atoms with Crippen LogP contribution in [0.1, 0.15) is 46.5 Å². The third kappa shape index (κ3) is 3.72. The van der Waals surface area contributed by atoms with Gasteiger partial charge in [-0.15, -0.1) is 0 Å². The highest BCUT2D eigenvalue weighted by Gasteiger charge is 2.32. The molecule has 16 heavy (non-hydrogen) atoms. The lowest BCUT2D eigenvalue weighted by Crippen LogP contribution is -2.54. The maximum absolute atomic E-state index is 9.52. The van der Waals surface area contributed by atoms with Crippen molar-refractivity contribution >= 4 is 0 Å². The Hall–Kier alpha value is -0.120. The quantitative estimate of drug-likeness (QED) is 0.751. The standard InChI is InChI=1S/C13H28N2O/c1-4-6-11(14)12(9-16)15-8-5-7-13(2,3)10-15/h11-12,16H,4-10,14H2,1-3H3. The highest BCUT2D eigenvalue weighted by atomic mass is 16.3. The molecular formula is C13H28N2O. The van der Waals surface area contributed by atoms with Gasteiger partial charge in [-0.25, -0.2) is 0 Å². The summed E-state index contributed by atoms with van der Waals surface area (Å²) in [5.41, 5.74) is 6.53. The van der Waals surface area contributed by atoms with Gasteiger partial charge in [0.1, 0.15) is 0 Å². The van der Waals surface area contributed by atoms with Gasteiger partial charge in [0.05, 0.1) is 6.61 Å². The minimum Gasteiger partial charge on any atom is -0.395 e. The Morgan fingerprint density at radius 3 is 2.62 bits per heavy atom. The molecule has 2 atom stereocenters. The van der Waals surface area contributed by atoms with E-state index in [1.807, 2.05) is 0 Å². The molecule has 3 heteroatoms. The molecular weight excluding hydrogens is 200 g/mol. The van der Waals surface area contributed by atoms with Crippen LogP contribution in [0.25, 0.3) is 0 Å². The summed E-state index contributed by atoms with van der Waals surface area (Å²) in [6.45, 7) is 9.10. The number of aliphatic hydroxyl groups excluding tert-OH is 1. The zero-order valence-electron chi connectivity index (χ0n) is 11.1. The summed E-state index contributed by atoms with van der Waals surface area (Å²) in [4.78, 5) is 2.39. The number of hydrogen-bond donors (Lipinski definition) is 2. The molecule has 1 aliphatic rings. The molecule has 0 aliphatic carbocycles. The molecule has 0 amide bonds. The van der Waals surface area contributed by atoms with Crippen LogP contribution < -0.4 is 5.73 Å². The van der Waals surface area contributed by atoms with E-state index < -0.39 is 0 Å². The first kappa shape index (κ1) is 13.9. The Balaban J connectivity index is 2.58. The van der Waals surface area contributed by atoms with E-state index in [9.17, 15) is 5.11 Å². The van der Waals surface area contributed by atoms with Crippen molar-refractivity contribution in [2.24, 2.45) is 11.1 Å². The van der Waals surface area contributed by atoms with Crippen LogP contribution in [0.15, 0.2) is 0 Å². The summed E-state index contributed by atoms with van der Waals surface area (Å²) in [6, 6.07) is 0.267. The maximum atomic E-state index is 9.52. The van der Waals surface area contributed by atoms with Crippen LogP contribution in [0.3, 0.4) is 0 Å². The van der Waals surface area contributed by atoms with E-state index in [4.69, 9.17) is 5.73 Å². The Kier molecular flexibility index (Phi) is 5.22. The monoisotopic (exact) mass is 228 g/mol. The fourth-order valence-electron chi connectivity index (χ4n) is 2.80. The second-order valence-corrected chi connectivity index (χ2v) is 5.94. The second kappa shape index (κ2) is 5.99. The van der Waals surface area contributed by atoms with Gasteiger partial charge >= 0.3 is 0 Å². The van der Waals surface area contributed by atoms with Crippen LogP contribution in [0.4, 0.5) is 0 Å². The Bertz CT molecular complexity index is 206. The fraction of sp³-hybridized carbons (Fsp3) is 1.00. The molecule has 0 aromatic rings. The molecule has 1 saturated heterocycles. The number of nitrogens with zero attached hydrogens (tertiary/aromatic N) is 1. The van der Waals surface area contributed by atoms with E-state index in [0.717, 1.165) is 25.9 Å². The molecule has 0 radical (unpaired) electrons. The van der Waals surface area contributed by atoms with Crippen molar-refractivity contribution in [3.8, 4) is 0 Å². The fourth-order valence-corrected chi connectivity index (χ4v) is 2.80. The van der Waals surface area contributed by atoms with Crippen LogP contribution in [0.5, 0.6) is 0 Å². The first-order chi connectivity index (χ1) is 7.50. The number of likely N-dealkylation sites (tertiary alicyclic amines) is 1. The van der Waals surface area contributed by atoms with E-state index in [1.54, 1.807) is 0 Å². The van der Waals surface area contributed by atoms with Gasteiger partial charge in [0.15, 0.2) is 0 Å². The topological polar surface area (TPSA) is 49.5 Å². The SMILES string of the molecule is CCCC(N)C(CO)N1CCCC(C)(C)C1. The van der Waals surface area contributed by atoms with Crippen molar-refractivity contribution in [1.29, 1.82) is 0 Å². The normalized spacial score (nSPS) is 25.3. The molecule has 0 spiro atoms. The zero-order chi connectivity index (χ0) is 12.2. The number of nitrogens with two attached hydrogens (primary N) is 1. The summed E-state index contributed by atoms with van der Waals surface area (Å²) in [5, 5.41) is 9.52. The third-order valence-corrected chi connectivity index (χ3v) is 3.70. The van der Waals surface area contributed by atoms with E-state index in [1.165, 1.54) is 12.8 Å². The number of rotatable bonds is 5. The average molecular weight is 228 g/mol. The highest BCUT2D eigenvalue weighted by molar-refractivity contribution is 4.88. The molecule has 0 saturated carbocycles. The smallest absolute Gasteiger partial charge is 0.0601 e. The predicted molar refractivity (Wildman–Crippen MR) is 68.3 cm³/mol. The van der Waals surface area contributed by atoms with Gasteiger partial charge < -0.3 is 10.8 Å². The van der Waals surface area contributed by atoms with Gasteiger partial charge in [0.25, 0.3) is 0 Å². The van der Waals surface area contributed by atoms with Crippen molar-refractivity contribution in [3.63, 3.8) is 0 Å². The van der Waals surface area contributed by atoms with Crippen LogP contribution in [-0.2, 0) is 0 Å². The van der Waals surface area contributed by atoms with Crippen LogP contribution in [0.2, 0.25) is 0 Å². The molecule has 1 aliphatic heterocycles. The van der Waals surface area contributed by atoms with Gasteiger partial charge in [0, 0.05) is 18.6 Å². The van der Waals surface area contributed by atoms with Crippen LogP contribution in [-0.4, -0.2) is 41.8 Å². The van der Waals surface area contributed by atoms with Crippen molar-refractivity contribution < 1.29 is 5.11 Å². The minimum atomic E-state index is 0.115. The third-order valence-electron chi connectivity index (χ3n) is 3.70. The van der Waals surface area contributed by atoms with E-state index >= 15 is 0 Å². The van der Waals surface area contributed by atoms with E-state index in [-0.39, 0.29) is 18.7 Å². The maximum Gasteiger partial charge on any atom is 0.0601 e. The summed E-state index contributed by atoms with van der Waals surface area (Å²) in [5.74, 6) is 0. The molecule has 3 nitrogen and oxygen atoms in total. The van der Waals surface area contributed by atoms with Gasteiger partial charge in [0.2, 0.25) is 0 Å². The summed E-state index contributed by atoms with van der Waals surface area (Å²) in [6.07, 6.45) is 4.60. The molecule has 2 unspecified atom stereocenters. The van der Waals surface area contributed by atoms with Crippen LogP contribution in [0, 0.1) is 5.41 Å². The summed E-state index contributed by atoms with van der Waals surface area (Å²) < 4.78 is 0. The number of piperidine rings is 1. The predicted octanol–water partition coefficient (Wildman–Crippen LogP) is 1.60. The zero-order valence-corrected chi connectivity index (χ0v) is 11.1. The summed E-state index contributed by atoms with van der Waals surface area (Å²) in [7, 11) is 0. The van der Waals surface area contributed by atoms with Gasteiger partial charge in [-0.05, 0) is 31.2 Å². The minimum absolute atomic E-state index is 0.115. The molecule has 0 aromatic carbocycles. The Morgan fingerprint density at radius 1 is 1.44 bits per heavy atom. The lowest BCUT2D eigenvalue weighted by Gasteiger charge is -2.43. The number of aliphatic hydroxyl groups is 1. The number of hydrogen-bond acceptors (Lipinski definition) is 3. The molecule has 1 fully saturated rings. The van der Waals surface area contributed by atoms with Crippen molar-refractivity contribution in [2.75, 3.05) is 19.7 Å². The first-order valence-electron chi connectivity index (χ1n) is 6.60. The first-order valence-corrected chi connectivity index (χ1v) is 6.60. The van der Waals surface area contributed by atoms with Crippen molar-refractivity contribution in [1.82, 2.24) is 4.90 Å². The molecule has 3 N–H and O–H groups in total.